The van der Waals surface area contributed by atoms with E-state index in [-0.39, 0.29) is 11.7 Å². The summed E-state index contributed by atoms with van der Waals surface area (Å²) in [6.45, 7) is 2.89. The molecule has 0 saturated carbocycles. The van der Waals surface area contributed by atoms with E-state index in [4.69, 9.17) is 16.3 Å². The Bertz CT molecular complexity index is 492. The molecule has 1 aliphatic rings. The van der Waals surface area contributed by atoms with E-state index in [0.717, 1.165) is 5.56 Å². The van der Waals surface area contributed by atoms with Gasteiger partial charge in [0.1, 0.15) is 0 Å². The highest BCUT2D eigenvalue weighted by Gasteiger charge is 2.26. The molecule has 1 aromatic carbocycles. The van der Waals surface area contributed by atoms with Crippen LogP contribution in [0.4, 0.5) is 0 Å². The minimum Gasteiger partial charge on any atom is -0.381 e. The number of aryl methyl sites for hydroxylation is 1. The lowest BCUT2D eigenvalue weighted by Crippen LogP contribution is -2.33. The summed E-state index contributed by atoms with van der Waals surface area (Å²) < 4.78 is 29.0. The van der Waals surface area contributed by atoms with Gasteiger partial charge in [-0.1, -0.05) is 11.6 Å². The first-order valence-corrected chi connectivity index (χ1v) is 7.09. The van der Waals surface area contributed by atoms with Crippen molar-refractivity contribution >= 4 is 21.4 Å². The number of rotatable bonds is 3. The second kappa shape index (κ2) is 4.35. The Hall–Kier alpha value is -0.580. The van der Waals surface area contributed by atoms with Gasteiger partial charge >= 0.3 is 0 Å². The summed E-state index contributed by atoms with van der Waals surface area (Å²) in [5, 5.41) is 0.589. The molecule has 0 radical (unpaired) electrons. The molecule has 88 valence electrons. The summed E-state index contributed by atoms with van der Waals surface area (Å²) in [7, 11) is -3.20. The lowest BCUT2D eigenvalue weighted by atomic mass is 10.1. The zero-order valence-corrected chi connectivity index (χ0v) is 10.5. The molecular weight excluding hydrogens is 248 g/mol. The van der Waals surface area contributed by atoms with E-state index in [0.29, 0.717) is 23.1 Å². The van der Waals surface area contributed by atoms with Gasteiger partial charge < -0.3 is 4.74 Å². The minimum atomic E-state index is -3.20. The van der Waals surface area contributed by atoms with E-state index in [9.17, 15) is 8.42 Å². The summed E-state index contributed by atoms with van der Waals surface area (Å²) in [6.07, 6.45) is 0. The molecule has 2 rings (SSSR count). The average Bonchev–Trinajstić information content (AvgIpc) is 2.16. The quantitative estimate of drug-likeness (QED) is 0.836. The van der Waals surface area contributed by atoms with Crippen LogP contribution in [0.15, 0.2) is 23.1 Å². The van der Waals surface area contributed by atoms with Crippen molar-refractivity contribution in [3.63, 3.8) is 0 Å². The van der Waals surface area contributed by atoms with Crippen LogP contribution in [0, 0.1) is 12.8 Å². The van der Waals surface area contributed by atoms with Crippen molar-refractivity contribution in [3.05, 3.63) is 28.8 Å². The van der Waals surface area contributed by atoms with Crippen molar-refractivity contribution < 1.29 is 13.2 Å². The Labute approximate surface area is 100 Å². The number of ether oxygens (including phenoxy) is 1. The number of sulfone groups is 1. The van der Waals surface area contributed by atoms with Crippen LogP contribution in [-0.4, -0.2) is 27.4 Å². The third kappa shape index (κ3) is 2.39. The number of hydrogen-bond acceptors (Lipinski definition) is 3. The molecule has 1 saturated heterocycles. The van der Waals surface area contributed by atoms with Crippen LogP contribution in [0.25, 0.3) is 0 Å². The second-order valence-electron chi connectivity index (χ2n) is 4.10. The number of benzene rings is 1. The van der Waals surface area contributed by atoms with Crippen molar-refractivity contribution in [1.82, 2.24) is 0 Å². The van der Waals surface area contributed by atoms with Gasteiger partial charge in [-0.05, 0) is 30.7 Å². The van der Waals surface area contributed by atoms with Crippen LogP contribution in [0.3, 0.4) is 0 Å². The van der Waals surface area contributed by atoms with Gasteiger partial charge in [0.15, 0.2) is 9.84 Å². The monoisotopic (exact) mass is 260 g/mol. The summed E-state index contributed by atoms with van der Waals surface area (Å²) in [6, 6.07) is 4.81. The van der Waals surface area contributed by atoms with E-state index < -0.39 is 9.84 Å². The van der Waals surface area contributed by atoms with Crippen LogP contribution >= 0.6 is 11.6 Å². The highest BCUT2D eigenvalue weighted by molar-refractivity contribution is 7.91. The Morgan fingerprint density at radius 2 is 2.12 bits per heavy atom. The van der Waals surface area contributed by atoms with Crippen molar-refractivity contribution in [3.8, 4) is 0 Å². The average molecular weight is 261 g/mol. The van der Waals surface area contributed by atoms with Crippen LogP contribution in [0.2, 0.25) is 5.02 Å². The fraction of sp³-hybridized carbons (Fsp3) is 0.455. The third-order valence-electron chi connectivity index (χ3n) is 2.65. The zero-order chi connectivity index (χ0) is 11.8. The molecule has 3 nitrogen and oxygen atoms in total. The van der Waals surface area contributed by atoms with E-state index in [1.807, 2.05) is 0 Å². The van der Waals surface area contributed by atoms with Crippen molar-refractivity contribution in [2.24, 2.45) is 5.92 Å². The van der Waals surface area contributed by atoms with E-state index >= 15 is 0 Å². The van der Waals surface area contributed by atoms with E-state index in [1.165, 1.54) is 0 Å². The van der Waals surface area contributed by atoms with Crippen LogP contribution in [0.5, 0.6) is 0 Å². The van der Waals surface area contributed by atoms with Gasteiger partial charge in [0.25, 0.3) is 0 Å². The summed E-state index contributed by atoms with van der Waals surface area (Å²) in [5.41, 5.74) is 0.785. The van der Waals surface area contributed by atoms with Crippen LogP contribution in [0.1, 0.15) is 5.56 Å². The molecule has 0 atom stereocenters. The molecule has 0 spiro atoms. The van der Waals surface area contributed by atoms with Gasteiger partial charge in [-0.15, -0.1) is 0 Å². The number of hydrogen-bond donors (Lipinski definition) is 0. The van der Waals surface area contributed by atoms with Gasteiger partial charge in [0, 0.05) is 10.9 Å². The molecule has 0 aromatic heterocycles. The molecule has 0 unspecified atom stereocenters. The SMILES string of the molecule is Cc1cc(S(=O)(=O)CC2COC2)ccc1Cl. The first-order chi connectivity index (χ1) is 7.49. The molecule has 1 aliphatic heterocycles. The van der Waals surface area contributed by atoms with Gasteiger partial charge in [0.2, 0.25) is 0 Å². The maximum absolute atomic E-state index is 12.0. The van der Waals surface area contributed by atoms with Gasteiger partial charge in [0.05, 0.1) is 23.9 Å². The van der Waals surface area contributed by atoms with E-state index in [1.54, 1.807) is 25.1 Å². The lowest BCUT2D eigenvalue weighted by Gasteiger charge is -2.25. The topological polar surface area (TPSA) is 43.4 Å². The maximum Gasteiger partial charge on any atom is 0.178 e. The fourth-order valence-electron chi connectivity index (χ4n) is 1.60. The minimum absolute atomic E-state index is 0.140. The van der Waals surface area contributed by atoms with Crippen molar-refractivity contribution in [2.75, 3.05) is 19.0 Å². The van der Waals surface area contributed by atoms with Gasteiger partial charge in [-0.25, -0.2) is 8.42 Å². The predicted molar refractivity (Wildman–Crippen MR) is 62.6 cm³/mol. The summed E-state index contributed by atoms with van der Waals surface area (Å²) in [4.78, 5) is 0.348. The summed E-state index contributed by atoms with van der Waals surface area (Å²) in [5.74, 6) is 0.301. The summed E-state index contributed by atoms with van der Waals surface area (Å²) >= 11 is 5.86. The predicted octanol–water partition coefficient (Wildman–Crippen LogP) is 2.07. The van der Waals surface area contributed by atoms with Gasteiger partial charge in [-0.3, -0.25) is 0 Å². The zero-order valence-electron chi connectivity index (χ0n) is 8.94. The van der Waals surface area contributed by atoms with Gasteiger partial charge in [-0.2, -0.15) is 0 Å². The van der Waals surface area contributed by atoms with Crippen molar-refractivity contribution in [2.45, 2.75) is 11.8 Å². The first kappa shape index (κ1) is 11.9. The lowest BCUT2D eigenvalue weighted by molar-refractivity contribution is -0.0204. The molecule has 5 heteroatoms. The largest absolute Gasteiger partial charge is 0.381 e. The van der Waals surface area contributed by atoms with Crippen LogP contribution in [-0.2, 0) is 14.6 Å². The Kier molecular flexibility index (Phi) is 3.24. The standard InChI is InChI=1S/C11H13ClO3S/c1-8-4-10(2-3-11(8)12)16(13,14)7-9-5-15-6-9/h2-4,9H,5-7H2,1H3. The highest BCUT2D eigenvalue weighted by atomic mass is 35.5. The molecule has 0 aliphatic carbocycles. The fourth-order valence-corrected chi connectivity index (χ4v) is 3.35. The second-order valence-corrected chi connectivity index (χ2v) is 6.54. The number of halogens is 1. The molecule has 1 heterocycles. The molecule has 0 amide bonds. The Morgan fingerprint density at radius 3 is 2.62 bits per heavy atom. The molecular formula is C11H13ClO3S. The normalized spacial score (nSPS) is 17.1. The molecule has 1 fully saturated rings. The molecule has 0 bridgehead atoms. The Morgan fingerprint density at radius 1 is 1.44 bits per heavy atom. The Balaban J connectivity index is 2.24. The maximum atomic E-state index is 12.0. The van der Waals surface area contributed by atoms with Crippen molar-refractivity contribution in [1.29, 1.82) is 0 Å². The smallest absolute Gasteiger partial charge is 0.178 e. The van der Waals surface area contributed by atoms with Crippen LogP contribution < -0.4 is 0 Å². The first-order valence-electron chi connectivity index (χ1n) is 5.06. The molecule has 0 N–H and O–H groups in total. The highest BCUT2D eigenvalue weighted by Crippen LogP contribution is 2.23. The molecule has 1 aromatic rings. The van der Waals surface area contributed by atoms with E-state index in [2.05, 4.69) is 0 Å². The third-order valence-corrected chi connectivity index (χ3v) is 4.96. The molecule has 16 heavy (non-hydrogen) atoms.